The normalized spacial score (nSPS) is 12.6. The molecule has 0 unspecified atom stereocenters. The van der Waals surface area contributed by atoms with Gasteiger partial charge in [0.1, 0.15) is 0 Å². The van der Waals surface area contributed by atoms with E-state index >= 15 is 0 Å². The molecule has 67 heavy (non-hydrogen) atoms. The minimum atomic E-state index is -0.707. The fourth-order valence-electron chi connectivity index (χ4n) is 11.4. The van der Waals surface area contributed by atoms with E-state index in [9.17, 15) is 5.26 Å². The molecule has 0 N–H and O–H groups in total. The van der Waals surface area contributed by atoms with Gasteiger partial charge in [0, 0.05) is 33.8 Å². The summed E-state index contributed by atoms with van der Waals surface area (Å²) in [4.78, 5) is 8.47. The summed E-state index contributed by atoms with van der Waals surface area (Å²) in [5, 5.41) is 17.0. The van der Waals surface area contributed by atoms with Crippen molar-refractivity contribution in [1.29, 1.82) is 5.26 Å². The Morgan fingerprint density at radius 1 is 0.388 bits per heavy atom. The highest BCUT2D eigenvalue weighted by Gasteiger charge is 2.54. The Bertz CT molecular complexity index is 3870. The Morgan fingerprint density at radius 3 is 1.60 bits per heavy atom. The molecule has 0 fully saturated rings. The largest absolute Gasteiger partial charge is 0.311 e. The van der Waals surface area contributed by atoms with E-state index in [1.165, 1.54) is 66.1 Å². The van der Waals surface area contributed by atoms with Crippen LogP contribution in [0.2, 0.25) is 0 Å². The van der Waals surface area contributed by atoms with Crippen molar-refractivity contribution in [3.8, 4) is 28.3 Å². The zero-order chi connectivity index (χ0) is 44.6. The highest BCUT2D eigenvalue weighted by atomic mass is 15.1. The zero-order valence-electron chi connectivity index (χ0n) is 36.2. The van der Waals surface area contributed by atoms with Crippen LogP contribution in [0, 0.1) is 17.9 Å². The lowest BCUT2D eigenvalue weighted by Gasteiger charge is -2.34. The molecule has 0 saturated heterocycles. The maximum absolute atomic E-state index is 10.0. The van der Waals surface area contributed by atoms with Gasteiger partial charge in [-0.15, -0.1) is 0 Å². The molecule has 11 aromatic rings. The quantitative estimate of drug-likeness (QED) is 0.123. The molecule has 4 nitrogen and oxygen atoms in total. The van der Waals surface area contributed by atoms with Gasteiger partial charge in [-0.1, -0.05) is 158 Å². The summed E-state index contributed by atoms with van der Waals surface area (Å²) < 4.78 is 0. The number of nitriles is 1. The number of hydrogen-bond donors (Lipinski definition) is 0. The van der Waals surface area contributed by atoms with Gasteiger partial charge in [0.05, 0.1) is 29.3 Å². The van der Waals surface area contributed by atoms with Crippen LogP contribution in [0.3, 0.4) is 0 Å². The van der Waals surface area contributed by atoms with Gasteiger partial charge in [0.25, 0.3) is 0 Å². The lowest BCUT2D eigenvalue weighted by atomic mass is 9.69. The molecule has 0 amide bonds. The predicted octanol–water partition coefficient (Wildman–Crippen LogP) is 16.9. The van der Waals surface area contributed by atoms with E-state index in [4.69, 9.17) is 6.57 Å². The minimum absolute atomic E-state index is 0.590. The fourth-order valence-corrected chi connectivity index (χ4v) is 11.4. The number of fused-ring (bicyclic) bond motifs is 17. The van der Waals surface area contributed by atoms with Crippen molar-refractivity contribution in [2.45, 2.75) is 5.41 Å². The summed E-state index contributed by atoms with van der Waals surface area (Å²) in [6.07, 6.45) is 0. The third-order valence-electron chi connectivity index (χ3n) is 14.0. The molecule has 0 heterocycles. The van der Waals surface area contributed by atoms with Crippen LogP contribution in [0.1, 0.15) is 27.8 Å². The van der Waals surface area contributed by atoms with Crippen molar-refractivity contribution >= 4 is 72.1 Å². The predicted molar refractivity (Wildman–Crippen MR) is 276 cm³/mol. The highest BCUT2D eigenvalue weighted by Crippen LogP contribution is 2.67. The molecule has 2 aliphatic rings. The number of anilines is 6. The third-order valence-corrected chi connectivity index (χ3v) is 14.0. The van der Waals surface area contributed by atoms with E-state index in [1.807, 2.05) is 42.5 Å². The summed E-state index contributed by atoms with van der Waals surface area (Å²) in [5.74, 6) is 0. The van der Waals surface area contributed by atoms with Crippen molar-refractivity contribution in [3.63, 3.8) is 0 Å². The van der Waals surface area contributed by atoms with Gasteiger partial charge in [-0.25, -0.2) is 4.85 Å². The monoisotopic (exact) mass is 850 g/mol. The minimum Gasteiger partial charge on any atom is -0.311 e. The topological polar surface area (TPSA) is 34.6 Å². The smallest absolute Gasteiger partial charge is 0.189 e. The third kappa shape index (κ3) is 5.51. The lowest BCUT2D eigenvalue weighted by molar-refractivity contribution is 0.802. The molecular formula is C63H38N4. The van der Waals surface area contributed by atoms with Crippen LogP contribution >= 0.6 is 0 Å². The standard InChI is InChI=1S/C63H38N4/c1-65-42-19-17-25-46(37-42)67(44-22-6-3-7-23-44)59-39-58-60(53-31-11-9-29-51(53)59)61-52-30-10-8-26-48(52)55-38-47(66(43-20-4-2-5-21-43)45-24-16-18-41(36-45)40-64)34-35-54(55)62(61)63(58)56-32-14-12-27-49(56)50-28-13-15-33-57(50)63/h2-39H. The first kappa shape index (κ1) is 38.3. The Morgan fingerprint density at radius 2 is 0.925 bits per heavy atom. The van der Waals surface area contributed by atoms with Crippen molar-refractivity contribution in [2.24, 2.45) is 0 Å². The van der Waals surface area contributed by atoms with Gasteiger partial charge in [0.2, 0.25) is 0 Å². The second-order valence-electron chi connectivity index (χ2n) is 17.4. The van der Waals surface area contributed by atoms with E-state index in [1.54, 1.807) is 0 Å². The number of benzene rings is 11. The summed E-state index contributed by atoms with van der Waals surface area (Å²) in [6.45, 7) is 8.01. The fraction of sp³-hybridized carbons (Fsp3) is 0.0159. The zero-order valence-corrected chi connectivity index (χ0v) is 36.2. The molecule has 13 rings (SSSR count). The molecule has 0 saturated carbocycles. The second kappa shape index (κ2) is 14.9. The van der Waals surface area contributed by atoms with Crippen molar-refractivity contribution < 1.29 is 0 Å². The molecule has 1 spiro atoms. The Labute approximate surface area is 388 Å². The Hall–Kier alpha value is -9.22. The first-order chi connectivity index (χ1) is 33.2. The van der Waals surface area contributed by atoms with Crippen LogP contribution in [0.4, 0.5) is 39.8 Å². The average molecular weight is 851 g/mol. The van der Waals surface area contributed by atoms with Crippen LogP contribution in [-0.4, -0.2) is 0 Å². The van der Waals surface area contributed by atoms with Gasteiger partial charge in [-0.3, -0.25) is 0 Å². The first-order valence-corrected chi connectivity index (χ1v) is 22.6. The Kier molecular flexibility index (Phi) is 8.52. The van der Waals surface area contributed by atoms with Gasteiger partial charge >= 0.3 is 0 Å². The maximum atomic E-state index is 10.0. The van der Waals surface area contributed by atoms with Crippen LogP contribution < -0.4 is 9.80 Å². The van der Waals surface area contributed by atoms with Crippen molar-refractivity contribution in [1.82, 2.24) is 0 Å². The SMILES string of the molecule is [C-]#[N+]c1cccc(N(c2ccccc2)c2cc3c(c4ccccc24)-c2c(c4ccc(N(c5ccccc5)c5cccc(C#N)c5)cc4c4ccccc24)C32c3ccccc3-c3ccccc32)c1. The van der Waals surface area contributed by atoms with Gasteiger partial charge in [-0.05, 0) is 144 Å². The molecule has 0 radical (unpaired) electrons. The van der Waals surface area contributed by atoms with E-state index in [2.05, 4.69) is 209 Å². The molecule has 310 valence electrons. The summed E-state index contributed by atoms with van der Waals surface area (Å²) in [5.41, 5.74) is 16.4. The molecule has 11 aromatic carbocycles. The van der Waals surface area contributed by atoms with Gasteiger partial charge in [-0.2, -0.15) is 5.26 Å². The Balaban J connectivity index is 1.19. The van der Waals surface area contributed by atoms with Crippen LogP contribution in [0.5, 0.6) is 0 Å². The van der Waals surface area contributed by atoms with Crippen LogP contribution in [-0.2, 0) is 5.41 Å². The summed E-state index contributed by atoms with van der Waals surface area (Å²) in [6, 6.07) is 84.5. The number of rotatable bonds is 6. The number of hydrogen-bond acceptors (Lipinski definition) is 3. The van der Waals surface area contributed by atoms with Crippen LogP contribution in [0.25, 0.3) is 59.4 Å². The first-order valence-electron chi connectivity index (χ1n) is 22.6. The van der Waals surface area contributed by atoms with E-state index in [0.717, 1.165) is 44.9 Å². The summed E-state index contributed by atoms with van der Waals surface area (Å²) in [7, 11) is 0. The van der Waals surface area contributed by atoms with Gasteiger partial charge < -0.3 is 9.80 Å². The van der Waals surface area contributed by atoms with E-state index in [-0.39, 0.29) is 0 Å². The molecule has 0 aliphatic heterocycles. The number of nitrogens with zero attached hydrogens (tertiary/aromatic N) is 4. The summed E-state index contributed by atoms with van der Waals surface area (Å²) >= 11 is 0. The van der Waals surface area contributed by atoms with Crippen LogP contribution in [0.15, 0.2) is 231 Å². The van der Waals surface area contributed by atoms with Crippen molar-refractivity contribution in [2.75, 3.05) is 9.80 Å². The highest BCUT2D eigenvalue weighted by molar-refractivity contribution is 6.24. The van der Waals surface area contributed by atoms with E-state index < -0.39 is 5.41 Å². The molecule has 0 atom stereocenters. The van der Waals surface area contributed by atoms with Crippen molar-refractivity contribution in [3.05, 3.63) is 270 Å². The molecule has 0 aromatic heterocycles. The molecule has 4 heteroatoms. The average Bonchev–Trinajstić information content (AvgIpc) is 3.88. The molecule has 0 bridgehead atoms. The lowest BCUT2D eigenvalue weighted by Crippen LogP contribution is -2.26. The second-order valence-corrected chi connectivity index (χ2v) is 17.4. The number of para-hydroxylation sites is 2. The van der Waals surface area contributed by atoms with E-state index in [0.29, 0.717) is 11.3 Å². The van der Waals surface area contributed by atoms with Gasteiger partial charge in [0.15, 0.2) is 5.69 Å². The molecule has 2 aliphatic carbocycles. The maximum Gasteiger partial charge on any atom is 0.189 e. The molecular weight excluding hydrogens is 813 g/mol.